The molecule has 31 heavy (non-hydrogen) atoms. The van der Waals surface area contributed by atoms with Gasteiger partial charge in [0.25, 0.3) is 0 Å². The van der Waals surface area contributed by atoms with Crippen molar-refractivity contribution in [2.45, 2.75) is 45.6 Å². The smallest absolute Gasteiger partial charge is 0.134 e. The molecule has 0 bridgehead atoms. The van der Waals surface area contributed by atoms with Crippen molar-refractivity contribution in [3.8, 4) is 0 Å². The number of hydrogen-bond donors (Lipinski definition) is 3. The Balaban J connectivity index is 1.36. The zero-order valence-electron chi connectivity index (χ0n) is 17.9. The van der Waals surface area contributed by atoms with Crippen LogP contribution in [-0.2, 0) is 12.8 Å². The summed E-state index contributed by atoms with van der Waals surface area (Å²) in [7, 11) is 0. The van der Waals surface area contributed by atoms with Gasteiger partial charge in [0.1, 0.15) is 34.4 Å². The summed E-state index contributed by atoms with van der Waals surface area (Å²) in [6.45, 7) is 4.02. The summed E-state index contributed by atoms with van der Waals surface area (Å²) in [4.78, 5) is 4.42. The largest absolute Gasteiger partial charge is 0.461 e. The van der Waals surface area contributed by atoms with E-state index in [1.165, 1.54) is 0 Å². The van der Waals surface area contributed by atoms with Crippen LogP contribution in [0.2, 0.25) is 0 Å². The summed E-state index contributed by atoms with van der Waals surface area (Å²) in [6, 6.07) is 15.8. The lowest BCUT2D eigenvalue weighted by Gasteiger charge is -2.03. The van der Waals surface area contributed by atoms with Crippen molar-refractivity contribution >= 4 is 33.6 Å². The second kappa shape index (κ2) is 8.68. The Labute approximate surface area is 181 Å². The number of amidine groups is 2. The summed E-state index contributed by atoms with van der Waals surface area (Å²) in [5, 5.41) is 9.59. The summed E-state index contributed by atoms with van der Waals surface area (Å²) in [5.74, 6) is 2.55. The maximum atomic E-state index is 7.56. The van der Waals surface area contributed by atoms with E-state index in [-0.39, 0.29) is 11.9 Å². The molecule has 0 amide bonds. The summed E-state index contributed by atoms with van der Waals surface area (Å²) < 4.78 is 11.9. The van der Waals surface area contributed by atoms with E-state index in [1.807, 2.05) is 56.3 Å². The lowest BCUT2D eigenvalue weighted by atomic mass is 10.1. The quantitative estimate of drug-likeness (QED) is 0.209. The van der Waals surface area contributed by atoms with Crippen molar-refractivity contribution in [1.82, 2.24) is 0 Å². The SMILES string of the molecule is CC(C)N=C(N)c1ccc2oc(CCCCc3cc4cc(C(=N)N)ccc4o3)cc2c1. The molecule has 0 fully saturated rings. The molecule has 0 saturated carbocycles. The highest BCUT2D eigenvalue weighted by molar-refractivity contribution is 6.00. The standard InChI is InChI=1S/C25H28N4O2/c1-15(2)29-25(28)17-8-10-23-19(12-17)14-21(31-23)6-4-3-5-20-13-18-11-16(24(26)27)7-9-22(18)30-20/h7-15H,3-6H2,1-2H3,(H3,26,27)(H2,28,29). The molecule has 0 spiro atoms. The zero-order chi connectivity index (χ0) is 22.0. The molecule has 2 heterocycles. The minimum Gasteiger partial charge on any atom is -0.461 e. The van der Waals surface area contributed by atoms with Crippen LogP contribution in [0.25, 0.3) is 21.9 Å². The maximum absolute atomic E-state index is 7.56. The number of aryl methyl sites for hydroxylation is 2. The van der Waals surface area contributed by atoms with E-state index in [9.17, 15) is 0 Å². The van der Waals surface area contributed by atoms with Crippen molar-refractivity contribution in [2.75, 3.05) is 0 Å². The number of nitrogens with two attached hydrogens (primary N) is 2. The van der Waals surface area contributed by atoms with Gasteiger partial charge in [-0.2, -0.15) is 0 Å². The summed E-state index contributed by atoms with van der Waals surface area (Å²) >= 11 is 0. The molecule has 5 N–H and O–H groups in total. The molecule has 0 aliphatic carbocycles. The molecule has 4 rings (SSSR count). The van der Waals surface area contributed by atoms with Crippen molar-refractivity contribution in [3.05, 3.63) is 71.2 Å². The van der Waals surface area contributed by atoms with E-state index in [2.05, 4.69) is 11.1 Å². The van der Waals surface area contributed by atoms with Crippen LogP contribution in [0.5, 0.6) is 0 Å². The Hall–Kier alpha value is -3.54. The number of nitrogens with zero attached hydrogens (tertiary/aromatic N) is 1. The van der Waals surface area contributed by atoms with Gasteiger partial charge in [-0.15, -0.1) is 0 Å². The van der Waals surface area contributed by atoms with Gasteiger partial charge in [-0.1, -0.05) is 0 Å². The first kappa shape index (κ1) is 20.7. The van der Waals surface area contributed by atoms with Crippen LogP contribution in [0, 0.1) is 5.41 Å². The first-order valence-electron chi connectivity index (χ1n) is 10.6. The van der Waals surface area contributed by atoms with Crippen molar-refractivity contribution in [2.24, 2.45) is 16.5 Å². The van der Waals surface area contributed by atoms with Gasteiger partial charge in [0.05, 0.1) is 0 Å². The maximum Gasteiger partial charge on any atom is 0.134 e. The van der Waals surface area contributed by atoms with Crippen LogP contribution in [0.1, 0.15) is 49.3 Å². The van der Waals surface area contributed by atoms with E-state index >= 15 is 0 Å². The third-order valence-electron chi connectivity index (χ3n) is 5.24. The molecular formula is C25H28N4O2. The Morgan fingerprint density at radius 1 is 0.839 bits per heavy atom. The van der Waals surface area contributed by atoms with E-state index in [0.717, 1.165) is 64.7 Å². The monoisotopic (exact) mass is 416 g/mol. The molecule has 6 heteroatoms. The van der Waals surface area contributed by atoms with Gasteiger partial charge >= 0.3 is 0 Å². The molecule has 2 aromatic heterocycles. The van der Waals surface area contributed by atoms with Gasteiger partial charge < -0.3 is 20.3 Å². The average Bonchev–Trinajstić information content (AvgIpc) is 3.32. The van der Waals surface area contributed by atoms with E-state index in [0.29, 0.717) is 11.4 Å². The van der Waals surface area contributed by atoms with Gasteiger partial charge in [0.2, 0.25) is 0 Å². The van der Waals surface area contributed by atoms with Crippen molar-refractivity contribution < 1.29 is 8.83 Å². The predicted molar refractivity (Wildman–Crippen MR) is 126 cm³/mol. The van der Waals surface area contributed by atoms with Gasteiger partial charge in [0.15, 0.2) is 0 Å². The van der Waals surface area contributed by atoms with Gasteiger partial charge in [-0.3, -0.25) is 10.4 Å². The lowest BCUT2D eigenvalue weighted by Crippen LogP contribution is -2.15. The number of nitrogen functional groups attached to an aromatic ring is 1. The minimum atomic E-state index is 0.0671. The number of furan rings is 2. The molecule has 160 valence electrons. The zero-order valence-corrected chi connectivity index (χ0v) is 17.9. The topological polar surface area (TPSA) is 115 Å². The number of benzene rings is 2. The molecule has 0 aliphatic heterocycles. The highest BCUT2D eigenvalue weighted by Crippen LogP contribution is 2.24. The lowest BCUT2D eigenvalue weighted by molar-refractivity contribution is 0.509. The first-order chi connectivity index (χ1) is 14.9. The number of nitrogens with one attached hydrogen (secondary N) is 1. The van der Waals surface area contributed by atoms with Crippen molar-refractivity contribution in [1.29, 1.82) is 5.41 Å². The van der Waals surface area contributed by atoms with Crippen LogP contribution < -0.4 is 11.5 Å². The molecule has 0 radical (unpaired) electrons. The van der Waals surface area contributed by atoms with Gasteiger partial charge in [-0.25, -0.2) is 0 Å². The highest BCUT2D eigenvalue weighted by Gasteiger charge is 2.09. The van der Waals surface area contributed by atoms with Crippen molar-refractivity contribution in [3.63, 3.8) is 0 Å². The number of aliphatic imine (C=N–C) groups is 1. The predicted octanol–water partition coefficient (Wildman–Crippen LogP) is 5.14. The van der Waals surface area contributed by atoms with Crippen LogP contribution in [0.4, 0.5) is 0 Å². The fourth-order valence-electron chi connectivity index (χ4n) is 3.72. The third-order valence-corrected chi connectivity index (χ3v) is 5.24. The van der Waals surface area contributed by atoms with Crippen LogP contribution in [-0.4, -0.2) is 17.7 Å². The summed E-state index contributed by atoms with van der Waals surface area (Å²) in [5.41, 5.74) is 15.0. The van der Waals surface area contributed by atoms with Gasteiger partial charge in [-0.05, 0) is 75.2 Å². The Bertz CT molecular complexity index is 1260. The number of hydrogen-bond acceptors (Lipinski definition) is 4. The molecule has 0 saturated heterocycles. The first-order valence-corrected chi connectivity index (χ1v) is 10.6. The normalized spacial score (nSPS) is 12.3. The van der Waals surface area contributed by atoms with E-state index in [1.54, 1.807) is 0 Å². The van der Waals surface area contributed by atoms with E-state index in [4.69, 9.17) is 25.7 Å². The Morgan fingerprint density at radius 3 is 1.87 bits per heavy atom. The fraction of sp³-hybridized carbons (Fsp3) is 0.280. The van der Waals surface area contributed by atoms with Crippen LogP contribution >= 0.6 is 0 Å². The van der Waals surface area contributed by atoms with Crippen LogP contribution in [0.15, 0.2) is 62.4 Å². The Kier molecular flexibility index (Phi) is 5.80. The number of rotatable bonds is 8. The average molecular weight is 417 g/mol. The van der Waals surface area contributed by atoms with Crippen LogP contribution in [0.3, 0.4) is 0 Å². The second-order valence-corrected chi connectivity index (χ2v) is 8.16. The molecule has 4 aromatic rings. The molecule has 2 aromatic carbocycles. The van der Waals surface area contributed by atoms with E-state index < -0.39 is 0 Å². The minimum absolute atomic E-state index is 0.0671. The molecule has 6 nitrogen and oxygen atoms in total. The number of fused-ring (bicyclic) bond motifs is 2. The molecular weight excluding hydrogens is 388 g/mol. The Morgan fingerprint density at radius 2 is 1.35 bits per heavy atom. The highest BCUT2D eigenvalue weighted by atomic mass is 16.3. The fourth-order valence-corrected chi connectivity index (χ4v) is 3.72. The van der Waals surface area contributed by atoms with Gasteiger partial charge in [0, 0.05) is 40.8 Å². The summed E-state index contributed by atoms with van der Waals surface area (Å²) in [6.07, 6.45) is 3.72. The second-order valence-electron chi connectivity index (χ2n) is 8.16. The molecule has 0 unspecified atom stereocenters. The molecule has 0 aliphatic rings. The number of unbranched alkanes of at least 4 members (excludes halogenated alkanes) is 1. The third kappa shape index (κ3) is 4.79. The molecule has 0 atom stereocenters.